The SMILES string of the molecule is COc1ccc(C(=O)Nc2cccc(-c3csc(-c4sc(Nc5cc(OC)c(OC)c(OC)c5)nc4N)n3)c2)cc1Cl. The standard InChI is InChI=1S/C29H26ClN5O5S2/c1-37-21-9-8-16(11-19(21)30)27(36)32-17-7-5-6-15(10-17)20-14-41-28(34-20)25-26(31)35-29(42-25)33-18-12-22(38-2)24(40-4)23(13-18)39-3/h5-14H,31H2,1-4H3,(H,32,36)(H,33,35). The highest BCUT2D eigenvalue weighted by Crippen LogP contribution is 2.43. The molecule has 0 atom stereocenters. The average molecular weight is 624 g/mol. The fourth-order valence-electron chi connectivity index (χ4n) is 4.09. The van der Waals surface area contributed by atoms with Gasteiger partial charge in [-0.3, -0.25) is 4.79 Å². The monoisotopic (exact) mass is 623 g/mol. The lowest BCUT2D eigenvalue weighted by atomic mass is 10.1. The molecule has 0 aliphatic heterocycles. The van der Waals surface area contributed by atoms with Gasteiger partial charge in [0.05, 0.1) is 39.2 Å². The summed E-state index contributed by atoms with van der Waals surface area (Å²) in [6.07, 6.45) is 0. The van der Waals surface area contributed by atoms with Crippen molar-refractivity contribution >= 4 is 62.5 Å². The molecular weight excluding hydrogens is 598 g/mol. The van der Waals surface area contributed by atoms with E-state index < -0.39 is 0 Å². The summed E-state index contributed by atoms with van der Waals surface area (Å²) in [6.45, 7) is 0. The van der Waals surface area contributed by atoms with Gasteiger partial charge in [0.25, 0.3) is 5.91 Å². The first-order valence-electron chi connectivity index (χ1n) is 12.4. The maximum absolute atomic E-state index is 12.8. The number of hydrogen-bond acceptors (Lipinski definition) is 11. The Kier molecular flexibility index (Phi) is 8.67. The van der Waals surface area contributed by atoms with Crippen LogP contribution in [0.15, 0.2) is 60.0 Å². The molecule has 4 N–H and O–H groups in total. The van der Waals surface area contributed by atoms with Gasteiger partial charge in [0, 0.05) is 40.0 Å². The molecular formula is C29H26ClN5O5S2. The summed E-state index contributed by atoms with van der Waals surface area (Å²) >= 11 is 9.01. The van der Waals surface area contributed by atoms with Crippen molar-refractivity contribution in [1.29, 1.82) is 0 Å². The minimum atomic E-state index is -0.291. The quantitative estimate of drug-likeness (QED) is 0.148. The predicted molar refractivity (Wildman–Crippen MR) is 168 cm³/mol. The lowest BCUT2D eigenvalue weighted by Crippen LogP contribution is -2.11. The Labute approximate surface area is 255 Å². The van der Waals surface area contributed by atoms with Crippen molar-refractivity contribution in [1.82, 2.24) is 9.97 Å². The third-order valence-corrected chi connectivity index (χ3v) is 8.38. The van der Waals surface area contributed by atoms with Crippen LogP contribution in [0.1, 0.15) is 10.4 Å². The lowest BCUT2D eigenvalue weighted by molar-refractivity contribution is 0.102. The number of nitrogen functional groups attached to an aromatic ring is 1. The van der Waals surface area contributed by atoms with E-state index in [2.05, 4.69) is 15.6 Å². The number of benzene rings is 3. The number of carbonyl (C=O) groups is 1. The molecule has 0 fully saturated rings. The molecule has 0 radical (unpaired) electrons. The molecule has 0 saturated carbocycles. The second kappa shape index (κ2) is 12.6. The summed E-state index contributed by atoms with van der Waals surface area (Å²) < 4.78 is 21.4. The Balaban J connectivity index is 1.34. The smallest absolute Gasteiger partial charge is 0.255 e. The molecule has 0 saturated heterocycles. The van der Waals surface area contributed by atoms with Gasteiger partial charge in [0.2, 0.25) is 5.75 Å². The summed E-state index contributed by atoms with van der Waals surface area (Å²) in [5.74, 6) is 2.09. The number of rotatable bonds is 10. The Bertz CT molecular complexity index is 1730. The van der Waals surface area contributed by atoms with Crippen LogP contribution in [-0.2, 0) is 0 Å². The maximum Gasteiger partial charge on any atom is 0.255 e. The van der Waals surface area contributed by atoms with Gasteiger partial charge in [0.1, 0.15) is 21.5 Å². The molecule has 0 unspecified atom stereocenters. The van der Waals surface area contributed by atoms with Gasteiger partial charge < -0.3 is 35.3 Å². The Morgan fingerprint density at radius 1 is 0.881 bits per heavy atom. The first-order chi connectivity index (χ1) is 20.3. The van der Waals surface area contributed by atoms with Crippen LogP contribution in [0.25, 0.3) is 21.1 Å². The Morgan fingerprint density at radius 2 is 1.62 bits per heavy atom. The highest BCUT2D eigenvalue weighted by atomic mass is 35.5. The van der Waals surface area contributed by atoms with E-state index in [4.69, 9.17) is 41.3 Å². The van der Waals surface area contributed by atoms with Gasteiger partial charge >= 0.3 is 0 Å². The maximum atomic E-state index is 12.8. The van der Waals surface area contributed by atoms with Crippen LogP contribution in [-0.4, -0.2) is 44.3 Å². The van der Waals surface area contributed by atoms with E-state index in [9.17, 15) is 4.79 Å². The van der Waals surface area contributed by atoms with Crippen LogP contribution in [0.4, 0.5) is 22.3 Å². The summed E-state index contributed by atoms with van der Waals surface area (Å²) in [5, 5.41) is 9.76. The number of ether oxygens (including phenoxy) is 4. The zero-order chi connectivity index (χ0) is 29.8. The first-order valence-corrected chi connectivity index (χ1v) is 14.5. The number of nitrogens with zero attached hydrogens (tertiary/aromatic N) is 2. The molecule has 0 aliphatic carbocycles. The Hall–Kier alpha value is -4.52. The van der Waals surface area contributed by atoms with E-state index in [1.54, 1.807) is 51.7 Å². The normalized spacial score (nSPS) is 10.7. The minimum Gasteiger partial charge on any atom is -0.495 e. The second-order valence-electron chi connectivity index (χ2n) is 8.69. The van der Waals surface area contributed by atoms with Crippen molar-refractivity contribution in [3.63, 3.8) is 0 Å². The van der Waals surface area contributed by atoms with E-state index >= 15 is 0 Å². The summed E-state index contributed by atoms with van der Waals surface area (Å²) in [7, 11) is 6.18. The number of thiazole rings is 2. The van der Waals surface area contributed by atoms with Gasteiger partial charge in [-0.1, -0.05) is 35.1 Å². The molecule has 3 aromatic carbocycles. The zero-order valence-corrected chi connectivity index (χ0v) is 25.4. The van der Waals surface area contributed by atoms with E-state index in [1.807, 2.05) is 29.6 Å². The summed E-state index contributed by atoms with van der Waals surface area (Å²) in [6, 6.07) is 15.9. The summed E-state index contributed by atoms with van der Waals surface area (Å²) in [5.41, 5.74) is 9.59. The molecule has 5 rings (SSSR count). The van der Waals surface area contributed by atoms with Crippen LogP contribution in [0, 0.1) is 0 Å². The Morgan fingerprint density at radius 3 is 2.29 bits per heavy atom. The van der Waals surface area contributed by atoms with Crippen molar-refractivity contribution in [2.24, 2.45) is 0 Å². The first kappa shape index (κ1) is 29.0. The zero-order valence-electron chi connectivity index (χ0n) is 23.0. The highest BCUT2D eigenvalue weighted by Gasteiger charge is 2.18. The van der Waals surface area contributed by atoms with Gasteiger partial charge in [-0.25, -0.2) is 9.97 Å². The molecule has 5 aromatic rings. The number of methoxy groups -OCH3 is 4. The van der Waals surface area contributed by atoms with E-state index in [-0.39, 0.29) is 5.91 Å². The number of hydrogen-bond donors (Lipinski definition) is 3. The van der Waals surface area contributed by atoms with Crippen molar-refractivity contribution < 1.29 is 23.7 Å². The van der Waals surface area contributed by atoms with Crippen LogP contribution in [0.3, 0.4) is 0 Å². The van der Waals surface area contributed by atoms with Gasteiger partial charge in [-0.05, 0) is 30.3 Å². The molecule has 1 amide bonds. The molecule has 216 valence electrons. The lowest BCUT2D eigenvalue weighted by Gasteiger charge is -2.14. The third-order valence-electron chi connectivity index (χ3n) is 6.10. The van der Waals surface area contributed by atoms with E-state index in [0.717, 1.165) is 21.1 Å². The van der Waals surface area contributed by atoms with E-state index in [0.29, 0.717) is 55.9 Å². The topological polar surface area (TPSA) is 130 Å². The summed E-state index contributed by atoms with van der Waals surface area (Å²) in [4.78, 5) is 22.8. The largest absolute Gasteiger partial charge is 0.495 e. The van der Waals surface area contributed by atoms with E-state index in [1.165, 1.54) is 29.8 Å². The molecule has 0 spiro atoms. The van der Waals surface area contributed by atoms with Crippen molar-refractivity contribution in [3.8, 4) is 44.1 Å². The van der Waals surface area contributed by atoms with Gasteiger partial charge in [-0.15, -0.1) is 11.3 Å². The van der Waals surface area contributed by atoms with Crippen molar-refractivity contribution in [2.45, 2.75) is 0 Å². The third kappa shape index (κ3) is 6.05. The fraction of sp³-hybridized carbons (Fsp3) is 0.138. The molecule has 2 heterocycles. The molecule has 42 heavy (non-hydrogen) atoms. The highest BCUT2D eigenvalue weighted by molar-refractivity contribution is 7.23. The number of aromatic nitrogens is 2. The number of nitrogens with one attached hydrogen (secondary N) is 2. The number of nitrogens with two attached hydrogens (primary N) is 1. The van der Waals surface area contributed by atoms with Crippen LogP contribution in [0.2, 0.25) is 5.02 Å². The second-order valence-corrected chi connectivity index (χ2v) is 11.0. The number of halogens is 1. The van der Waals surface area contributed by atoms with Crippen LogP contribution in [0.5, 0.6) is 23.0 Å². The number of amides is 1. The van der Waals surface area contributed by atoms with Gasteiger partial charge in [-0.2, -0.15) is 0 Å². The van der Waals surface area contributed by atoms with Crippen molar-refractivity contribution in [3.05, 3.63) is 70.6 Å². The molecule has 2 aromatic heterocycles. The van der Waals surface area contributed by atoms with Gasteiger partial charge in [0.15, 0.2) is 16.6 Å². The minimum absolute atomic E-state index is 0.291. The van der Waals surface area contributed by atoms with Crippen LogP contribution >= 0.6 is 34.3 Å². The number of anilines is 4. The average Bonchev–Trinajstić information content (AvgIpc) is 3.63. The predicted octanol–water partition coefficient (Wildman–Crippen LogP) is 7.20. The molecule has 0 bridgehead atoms. The molecule has 13 heteroatoms. The van der Waals surface area contributed by atoms with Crippen LogP contribution < -0.4 is 35.3 Å². The fourth-order valence-corrected chi connectivity index (χ4v) is 6.18. The molecule has 0 aliphatic rings. The molecule has 10 nitrogen and oxygen atoms in total. The van der Waals surface area contributed by atoms with Crippen molar-refractivity contribution in [2.75, 3.05) is 44.8 Å². The number of carbonyl (C=O) groups excluding carboxylic acids is 1.